The van der Waals surface area contributed by atoms with Crippen molar-refractivity contribution < 1.29 is 37.8 Å². The number of hydrogen-bond acceptors (Lipinski definition) is 7. The molecule has 11 heteroatoms. The summed E-state index contributed by atoms with van der Waals surface area (Å²) in [5.74, 6) is 0. The molecule has 0 amide bonds. The smallest absolute Gasteiger partial charge is 0.390 e. The molecule has 0 aliphatic carbocycles. The standard InChI is InChI=1S/C11H19B2O8P/c1-17-4-9-7(3-11(13)20-9)21-22(15,16)18-5-8-6(14)2-10(12)19-8/h6-11,14H,2-5H2,1H3,(H,15,16)/t6-,7-,8?,9-,10-,11-/m1/s1. The van der Waals surface area contributed by atoms with Gasteiger partial charge in [-0.05, 0) is 12.8 Å². The quantitative estimate of drug-likeness (QED) is 0.455. The first-order valence-corrected chi connectivity index (χ1v) is 8.45. The Morgan fingerprint density at radius 3 is 2.41 bits per heavy atom. The van der Waals surface area contributed by atoms with Crippen LogP contribution in [-0.2, 0) is 27.8 Å². The molecule has 0 aromatic carbocycles. The van der Waals surface area contributed by atoms with E-state index in [4.69, 9.17) is 39.0 Å². The Morgan fingerprint density at radius 1 is 1.18 bits per heavy atom. The summed E-state index contributed by atoms with van der Waals surface area (Å²) in [6, 6.07) is -1.21. The van der Waals surface area contributed by atoms with Crippen molar-refractivity contribution in [2.75, 3.05) is 20.3 Å². The fourth-order valence-corrected chi connectivity index (χ4v) is 3.41. The van der Waals surface area contributed by atoms with Gasteiger partial charge in [0, 0.05) is 19.1 Å². The van der Waals surface area contributed by atoms with E-state index in [1.807, 2.05) is 0 Å². The van der Waals surface area contributed by atoms with Crippen LogP contribution in [0.15, 0.2) is 0 Å². The molecule has 8 nitrogen and oxygen atoms in total. The number of hydrogen-bond donors (Lipinski definition) is 2. The van der Waals surface area contributed by atoms with E-state index in [9.17, 15) is 14.6 Å². The number of phosphoric acid groups is 1. The summed E-state index contributed by atoms with van der Waals surface area (Å²) in [6.07, 6.45) is -2.40. The maximum absolute atomic E-state index is 12.0. The second kappa shape index (κ2) is 7.77. The van der Waals surface area contributed by atoms with Gasteiger partial charge in [-0.1, -0.05) is 0 Å². The predicted molar refractivity (Wildman–Crippen MR) is 76.6 cm³/mol. The second-order valence-corrected chi connectivity index (χ2v) is 6.73. The van der Waals surface area contributed by atoms with Crippen LogP contribution < -0.4 is 0 Å². The molecule has 2 aliphatic rings. The van der Waals surface area contributed by atoms with Crippen LogP contribution in [0, 0.1) is 0 Å². The highest BCUT2D eigenvalue weighted by Crippen LogP contribution is 2.47. The average Bonchev–Trinajstić information content (AvgIpc) is 2.90. The van der Waals surface area contributed by atoms with Crippen molar-refractivity contribution in [1.29, 1.82) is 0 Å². The van der Waals surface area contributed by atoms with Crippen molar-refractivity contribution in [2.24, 2.45) is 0 Å². The molecule has 2 heterocycles. The van der Waals surface area contributed by atoms with Gasteiger partial charge in [-0.15, -0.1) is 0 Å². The molecular weight excluding hydrogens is 313 g/mol. The van der Waals surface area contributed by atoms with E-state index >= 15 is 0 Å². The first-order valence-electron chi connectivity index (χ1n) is 6.95. The highest BCUT2D eigenvalue weighted by molar-refractivity contribution is 7.47. The third-order valence-corrected chi connectivity index (χ3v) is 4.50. The molecule has 0 saturated carbocycles. The Hall–Kier alpha value is 0.0799. The Kier molecular flexibility index (Phi) is 6.50. The Labute approximate surface area is 131 Å². The molecule has 2 N–H and O–H groups in total. The van der Waals surface area contributed by atoms with Gasteiger partial charge in [-0.25, -0.2) is 4.57 Å². The fraction of sp³-hybridized carbons (Fsp3) is 1.00. The van der Waals surface area contributed by atoms with Crippen LogP contribution in [0.5, 0.6) is 0 Å². The summed E-state index contributed by atoms with van der Waals surface area (Å²) in [7, 11) is 8.27. The molecule has 0 bridgehead atoms. The van der Waals surface area contributed by atoms with Crippen LogP contribution in [0.2, 0.25) is 0 Å². The molecular formula is C11H19B2O8P. The molecule has 0 spiro atoms. The van der Waals surface area contributed by atoms with Crippen LogP contribution in [0.4, 0.5) is 0 Å². The van der Waals surface area contributed by atoms with Crippen molar-refractivity contribution in [3.8, 4) is 0 Å². The zero-order valence-corrected chi connectivity index (χ0v) is 13.1. The van der Waals surface area contributed by atoms with Gasteiger partial charge in [0.1, 0.15) is 27.9 Å². The average molecular weight is 332 g/mol. The summed E-state index contributed by atoms with van der Waals surface area (Å²) in [4.78, 5) is 9.77. The number of rotatable bonds is 7. The van der Waals surface area contributed by atoms with Gasteiger partial charge in [-0.3, -0.25) is 9.05 Å². The molecule has 0 aromatic rings. The Balaban J connectivity index is 1.83. The number of phosphoric ester groups is 1. The minimum atomic E-state index is -4.35. The van der Waals surface area contributed by atoms with Gasteiger partial charge in [0.15, 0.2) is 0 Å². The van der Waals surface area contributed by atoms with Crippen molar-refractivity contribution in [3.05, 3.63) is 0 Å². The molecule has 2 saturated heterocycles. The van der Waals surface area contributed by atoms with E-state index < -0.39 is 44.2 Å². The third-order valence-electron chi connectivity index (χ3n) is 3.48. The lowest BCUT2D eigenvalue weighted by Crippen LogP contribution is -2.29. The highest BCUT2D eigenvalue weighted by atomic mass is 31.2. The van der Waals surface area contributed by atoms with Crippen LogP contribution in [0.25, 0.3) is 0 Å². The van der Waals surface area contributed by atoms with Gasteiger partial charge < -0.3 is 24.2 Å². The molecule has 22 heavy (non-hydrogen) atoms. The summed E-state index contributed by atoms with van der Waals surface area (Å²) >= 11 is 0. The Morgan fingerprint density at radius 2 is 1.82 bits per heavy atom. The maximum atomic E-state index is 12.0. The number of aliphatic hydroxyl groups excluding tert-OH is 1. The summed E-state index contributed by atoms with van der Waals surface area (Å²) in [6.45, 7) is -0.130. The zero-order valence-electron chi connectivity index (χ0n) is 12.2. The van der Waals surface area contributed by atoms with Crippen LogP contribution >= 0.6 is 7.82 Å². The number of ether oxygens (including phenoxy) is 3. The van der Waals surface area contributed by atoms with Crippen LogP contribution in [0.1, 0.15) is 12.8 Å². The molecule has 122 valence electrons. The summed E-state index contributed by atoms with van der Waals surface area (Å²) < 4.78 is 37.4. The first-order chi connectivity index (χ1) is 10.3. The van der Waals surface area contributed by atoms with Gasteiger partial charge in [0.2, 0.25) is 0 Å². The lowest BCUT2D eigenvalue weighted by molar-refractivity contribution is -0.0310. The molecule has 0 aromatic heterocycles. The van der Waals surface area contributed by atoms with Gasteiger partial charge in [-0.2, -0.15) is 0 Å². The lowest BCUT2D eigenvalue weighted by Gasteiger charge is -2.22. The third kappa shape index (κ3) is 5.04. The predicted octanol–water partition coefficient (Wildman–Crippen LogP) is -0.937. The van der Waals surface area contributed by atoms with Gasteiger partial charge in [0.05, 0.1) is 25.4 Å². The normalized spacial score (nSPS) is 41.6. The summed E-state index contributed by atoms with van der Waals surface area (Å²) in [5.41, 5.74) is 0. The molecule has 2 unspecified atom stereocenters. The minimum absolute atomic E-state index is 0.178. The fourth-order valence-electron chi connectivity index (χ4n) is 2.45. The van der Waals surface area contributed by atoms with Crippen molar-refractivity contribution in [1.82, 2.24) is 0 Å². The van der Waals surface area contributed by atoms with Gasteiger partial charge >= 0.3 is 7.82 Å². The molecule has 2 rings (SSSR count). The number of methoxy groups -OCH3 is 1. The van der Waals surface area contributed by atoms with Crippen LogP contribution in [-0.4, -0.2) is 82.4 Å². The zero-order chi connectivity index (χ0) is 16.3. The minimum Gasteiger partial charge on any atom is -0.390 e. The van der Waals surface area contributed by atoms with E-state index in [2.05, 4.69) is 0 Å². The summed E-state index contributed by atoms with van der Waals surface area (Å²) in [5, 5.41) is 9.64. The number of aliphatic hydroxyl groups is 1. The van der Waals surface area contributed by atoms with Crippen molar-refractivity contribution in [2.45, 2.75) is 49.3 Å². The lowest BCUT2D eigenvalue weighted by atomic mass is 9.96. The largest absolute Gasteiger partial charge is 0.472 e. The second-order valence-electron chi connectivity index (χ2n) is 5.33. The van der Waals surface area contributed by atoms with Gasteiger partial charge in [0.25, 0.3) is 0 Å². The van der Waals surface area contributed by atoms with Crippen molar-refractivity contribution >= 4 is 23.5 Å². The van der Waals surface area contributed by atoms with E-state index in [0.717, 1.165) is 0 Å². The molecule has 4 radical (unpaired) electrons. The molecule has 2 aliphatic heterocycles. The first kappa shape index (κ1) is 18.4. The highest BCUT2D eigenvalue weighted by Gasteiger charge is 2.40. The maximum Gasteiger partial charge on any atom is 0.472 e. The molecule has 2 fully saturated rings. The molecule has 7 atom stereocenters. The van der Waals surface area contributed by atoms with E-state index in [0.29, 0.717) is 0 Å². The monoisotopic (exact) mass is 332 g/mol. The van der Waals surface area contributed by atoms with E-state index in [1.54, 1.807) is 0 Å². The van der Waals surface area contributed by atoms with E-state index in [-0.39, 0.29) is 26.1 Å². The Bertz CT molecular complexity index is 414. The topological polar surface area (TPSA) is 104 Å². The van der Waals surface area contributed by atoms with Crippen molar-refractivity contribution in [3.63, 3.8) is 0 Å². The van der Waals surface area contributed by atoms with Crippen LogP contribution in [0.3, 0.4) is 0 Å². The SMILES string of the molecule is [B][C@H]1C[C@@H](O)C(COP(=O)(O)O[C@@H]2C[C@H]([B])O[C@@H]2COC)O1. The van der Waals surface area contributed by atoms with E-state index in [1.165, 1.54) is 7.11 Å².